The van der Waals surface area contributed by atoms with Gasteiger partial charge in [-0.05, 0) is 39.4 Å². The van der Waals surface area contributed by atoms with E-state index in [1.807, 2.05) is 0 Å². The largest absolute Gasteiger partial charge is 0.312 e. The smallest absolute Gasteiger partial charge is 0.0246 e. The van der Waals surface area contributed by atoms with Crippen LogP contribution in [0.4, 0.5) is 0 Å². The SMILES string of the molecule is CN1CCCN[C@H]2CCC[C@H]21. The van der Waals surface area contributed by atoms with Crippen molar-refractivity contribution in [3.05, 3.63) is 0 Å². The second kappa shape index (κ2) is 3.11. The molecule has 0 unspecified atom stereocenters. The minimum atomic E-state index is 0.808. The van der Waals surface area contributed by atoms with E-state index in [-0.39, 0.29) is 0 Å². The molecule has 11 heavy (non-hydrogen) atoms. The third kappa shape index (κ3) is 1.42. The van der Waals surface area contributed by atoms with Crippen LogP contribution in [0.15, 0.2) is 0 Å². The Labute approximate surface area is 69.0 Å². The first-order valence-corrected chi connectivity index (χ1v) is 4.81. The van der Waals surface area contributed by atoms with Crippen LogP contribution in [0.5, 0.6) is 0 Å². The molecule has 1 aliphatic heterocycles. The zero-order valence-corrected chi connectivity index (χ0v) is 7.34. The van der Waals surface area contributed by atoms with Gasteiger partial charge in [0.05, 0.1) is 0 Å². The van der Waals surface area contributed by atoms with Crippen LogP contribution < -0.4 is 5.32 Å². The summed E-state index contributed by atoms with van der Waals surface area (Å²) in [7, 11) is 2.27. The monoisotopic (exact) mass is 154 g/mol. The first-order chi connectivity index (χ1) is 5.38. The van der Waals surface area contributed by atoms with E-state index in [4.69, 9.17) is 0 Å². The standard InChI is InChI=1S/C9H18N2/c1-11-7-3-6-10-8-4-2-5-9(8)11/h8-10H,2-7H2,1H3/t8-,9+/m0/s1. The van der Waals surface area contributed by atoms with Crippen LogP contribution in [0.2, 0.25) is 0 Å². The van der Waals surface area contributed by atoms with Crippen LogP contribution in [0.1, 0.15) is 25.7 Å². The third-order valence-electron chi connectivity index (χ3n) is 3.14. The lowest BCUT2D eigenvalue weighted by Gasteiger charge is -2.26. The molecule has 0 bridgehead atoms. The van der Waals surface area contributed by atoms with Crippen LogP contribution in [-0.2, 0) is 0 Å². The highest BCUT2D eigenvalue weighted by atomic mass is 15.2. The molecular weight excluding hydrogens is 136 g/mol. The Morgan fingerprint density at radius 2 is 2.18 bits per heavy atom. The van der Waals surface area contributed by atoms with E-state index in [1.165, 1.54) is 38.8 Å². The van der Waals surface area contributed by atoms with Gasteiger partial charge >= 0.3 is 0 Å². The van der Waals surface area contributed by atoms with Crippen LogP contribution >= 0.6 is 0 Å². The molecular formula is C9H18N2. The van der Waals surface area contributed by atoms with E-state index in [1.54, 1.807) is 0 Å². The van der Waals surface area contributed by atoms with Crippen LogP contribution in [0.3, 0.4) is 0 Å². The average molecular weight is 154 g/mol. The van der Waals surface area contributed by atoms with Gasteiger partial charge in [0, 0.05) is 12.1 Å². The summed E-state index contributed by atoms with van der Waals surface area (Å²) in [4.78, 5) is 2.54. The van der Waals surface area contributed by atoms with E-state index in [9.17, 15) is 0 Å². The molecule has 1 heterocycles. The van der Waals surface area contributed by atoms with Crippen LogP contribution in [-0.4, -0.2) is 37.1 Å². The summed E-state index contributed by atoms with van der Waals surface area (Å²) in [5.74, 6) is 0. The summed E-state index contributed by atoms with van der Waals surface area (Å²) in [6.07, 6.45) is 5.55. The number of nitrogens with one attached hydrogen (secondary N) is 1. The zero-order chi connectivity index (χ0) is 7.68. The molecule has 0 amide bonds. The van der Waals surface area contributed by atoms with Crippen LogP contribution in [0.25, 0.3) is 0 Å². The molecule has 0 aromatic carbocycles. The Balaban J connectivity index is 2.03. The van der Waals surface area contributed by atoms with Crippen molar-refractivity contribution in [3.8, 4) is 0 Å². The highest BCUT2D eigenvalue weighted by Gasteiger charge is 2.30. The van der Waals surface area contributed by atoms with Crippen molar-refractivity contribution in [1.29, 1.82) is 0 Å². The van der Waals surface area contributed by atoms with E-state index in [0.29, 0.717) is 0 Å². The molecule has 64 valence electrons. The second-order valence-corrected chi connectivity index (χ2v) is 3.89. The number of fused-ring (bicyclic) bond motifs is 1. The normalized spacial score (nSPS) is 40.1. The fraction of sp³-hybridized carbons (Fsp3) is 1.00. The molecule has 1 saturated carbocycles. The molecule has 1 N–H and O–H groups in total. The molecule has 2 fully saturated rings. The highest BCUT2D eigenvalue weighted by molar-refractivity contribution is 4.91. The molecule has 1 aliphatic carbocycles. The van der Waals surface area contributed by atoms with E-state index >= 15 is 0 Å². The minimum absolute atomic E-state index is 0.808. The molecule has 0 radical (unpaired) electrons. The first kappa shape index (κ1) is 7.56. The van der Waals surface area contributed by atoms with Gasteiger partial charge in [0.2, 0.25) is 0 Å². The molecule has 2 rings (SSSR count). The molecule has 2 nitrogen and oxygen atoms in total. The highest BCUT2D eigenvalue weighted by Crippen LogP contribution is 2.24. The molecule has 2 heteroatoms. The fourth-order valence-corrected chi connectivity index (χ4v) is 2.49. The lowest BCUT2D eigenvalue weighted by atomic mass is 10.1. The molecule has 1 saturated heterocycles. The lowest BCUT2D eigenvalue weighted by molar-refractivity contribution is 0.238. The van der Waals surface area contributed by atoms with Gasteiger partial charge in [-0.3, -0.25) is 0 Å². The van der Waals surface area contributed by atoms with E-state index < -0.39 is 0 Å². The van der Waals surface area contributed by atoms with Gasteiger partial charge in [0.1, 0.15) is 0 Å². The molecule has 2 atom stereocenters. The summed E-state index contributed by atoms with van der Waals surface area (Å²) in [6.45, 7) is 2.51. The number of hydrogen-bond donors (Lipinski definition) is 1. The average Bonchev–Trinajstić information content (AvgIpc) is 2.40. The minimum Gasteiger partial charge on any atom is -0.312 e. The zero-order valence-electron chi connectivity index (χ0n) is 7.34. The van der Waals surface area contributed by atoms with Gasteiger partial charge in [0.15, 0.2) is 0 Å². The molecule has 0 spiro atoms. The van der Waals surface area contributed by atoms with Gasteiger partial charge in [-0.2, -0.15) is 0 Å². The number of rotatable bonds is 0. The quantitative estimate of drug-likeness (QED) is 0.556. The van der Waals surface area contributed by atoms with Crippen molar-refractivity contribution in [2.75, 3.05) is 20.1 Å². The van der Waals surface area contributed by atoms with Gasteiger partial charge in [-0.1, -0.05) is 6.42 Å². The maximum absolute atomic E-state index is 3.63. The fourth-order valence-electron chi connectivity index (χ4n) is 2.49. The van der Waals surface area contributed by atoms with Crippen molar-refractivity contribution in [1.82, 2.24) is 10.2 Å². The van der Waals surface area contributed by atoms with Gasteiger partial charge in [-0.25, -0.2) is 0 Å². The number of hydrogen-bond acceptors (Lipinski definition) is 2. The number of nitrogens with zero attached hydrogens (tertiary/aromatic N) is 1. The van der Waals surface area contributed by atoms with Crippen molar-refractivity contribution >= 4 is 0 Å². The Hall–Kier alpha value is -0.0800. The Morgan fingerprint density at radius 3 is 3.09 bits per heavy atom. The second-order valence-electron chi connectivity index (χ2n) is 3.89. The maximum atomic E-state index is 3.63. The summed E-state index contributed by atoms with van der Waals surface area (Å²) >= 11 is 0. The van der Waals surface area contributed by atoms with Crippen LogP contribution in [0, 0.1) is 0 Å². The summed E-state index contributed by atoms with van der Waals surface area (Å²) in [5, 5.41) is 3.63. The first-order valence-electron chi connectivity index (χ1n) is 4.81. The Morgan fingerprint density at radius 1 is 1.27 bits per heavy atom. The van der Waals surface area contributed by atoms with Gasteiger partial charge < -0.3 is 10.2 Å². The third-order valence-corrected chi connectivity index (χ3v) is 3.14. The Kier molecular flexibility index (Phi) is 2.14. The van der Waals surface area contributed by atoms with E-state index in [2.05, 4.69) is 17.3 Å². The molecule has 0 aromatic heterocycles. The van der Waals surface area contributed by atoms with Crippen molar-refractivity contribution in [3.63, 3.8) is 0 Å². The van der Waals surface area contributed by atoms with E-state index in [0.717, 1.165) is 12.1 Å². The summed E-state index contributed by atoms with van der Waals surface area (Å²) < 4.78 is 0. The number of likely N-dealkylation sites (N-methyl/N-ethyl adjacent to an activating group) is 1. The van der Waals surface area contributed by atoms with Crippen molar-refractivity contribution in [2.45, 2.75) is 37.8 Å². The summed E-state index contributed by atoms with van der Waals surface area (Å²) in [6, 6.07) is 1.65. The topological polar surface area (TPSA) is 15.3 Å². The lowest BCUT2D eigenvalue weighted by Crippen LogP contribution is -2.41. The summed E-state index contributed by atoms with van der Waals surface area (Å²) in [5.41, 5.74) is 0. The van der Waals surface area contributed by atoms with Crippen molar-refractivity contribution in [2.24, 2.45) is 0 Å². The Bertz CT molecular complexity index is 136. The molecule has 0 aromatic rings. The predicted octanol–water partition coefficient (Wildman–Crippen LogP) is 0.833. The predicted molar refractivity (Wildman–Crippen MR) is 46.7 cm³/mol. The van der Waals surface area contributed by atoms with Gasteiger partial charge in [0.25, 0.3) is 0 Å². The van der Waals surface area contributed by atoms with Gasteiger partial charge in [-0.15, -0.1) is 0 Å². The maximum Gasteiger partial charge on any atom is 0.0246 e. The molecule has 2 aliphatic rings. The van der Waals surface area contributed by atoms with Crippen molar-refractivity contribution < 1.29 is 0 Å².